The van der Waals surface area contributed by atoms with E-state index in [1.807, 2.05) is 0 Å². The molecule has 0 N–H and O–H groups in total. The van der Waals surface area contributed by atoms with Crippen molar-refractivity contribution in [1.29, 1.82) is 0 Å². The quantitative estimate of drug-likeness (QED) is 0.508. The van der Waals surface area contributed by atoms with Crippen LogP contribution in [0.4, 0.5) is 0 Å². The summed E-state index contributed by atoms with van der Waals surface area (Å²) < 4.78 is 24.3. The van der Waals surface area contributed by atoms with Crippen molar-refractivity contribution in [1.82, 2.24) is 18.7 Å². The van der Waals surface area contributed by atoms with Gasteiger partial charge in [-0.1, -0.05) is 0 Å². The monoisotopic (exact) mass is 198 g/mol. The predicted octanol–water partition coefficient (Wildman–Crippen LogP) is -1.03. The Labute approximate surface area is 83.2 Å². The van der Waals surface area contributed by atoms with Crippen molar-refractivity contribution in [2.24, 2.45) is 21.1 Å². The Balaban J connectivity index is 3.12. The second kappa shape index (κ2) is 2.57. The van der Waals surface area contributed by atoms with Gasteiger partial charge in [0.25, 0.3) is 5.56 Å². The molecule has 0 fully saturated rings. The third-order valence-electron chi connectivity index (χ3n) is 2.12. The van der Waals surface area contributed by atoms with Crippen molar-refractivity contribution in [3.8, 4) is 0 Å². The summed E-state index contributed by atoms with van der Waals surface area (Å²) in [5.41, 5.74) is -1.50. The van der Waals surface area contributed by atoms with Crippen molar-refractivity contribution >= 4 is 11.2 Å². The van der Waals surface area contributed by atoms with E-state index in [2.05, 4.69) is 4.98 Å². The van der Waals surface area contributed by atoms with Gasteiger partial charge in [-0.3, -0.25) is 13.9 Å². The summed E-state index contributed by atoms with van der Waals surface area (Å²) in [4.78, 5) is 27.6. The van der Waals surface area contributed by atoms with E-state index < -0.39 is 18.2 Å². The average molecular weight is 198 g/mol. The minimum Gasteiger partial charge on any atom is -0.328 e. The number of rotatable bonds is 0. The van der Waals surface area contributed by atoms with Gasteiger partial charge < -0.3 is 4.57 Å². The molecule has 0 unspecified atom stereocenters. The highest BCUT2D eigenvalue weighted by Crippen LogP contribution is 2.01. The van der Waals surface area contributed by atoms with Gasteiger partial charge in [0, 0.05) is 25.2 Å². The Morgan fingerprint density at radius 3 is 2.71 bits per heavy atom. The molecule has 0 amide bonds. The maximum atomic E-state index is 12.0. The molecule has 6 nitrogen and oxygen atoms in total. The van der Waals surface area contributed by atoms with Gasteiger partial charge in [0.1, 0.15) is 0 Å². The maximum Gasteiger partial charge on any atom is 0.332 e. The van der Waals surface area contributed by atoms with E-state index in [1.165, 1.54) is 17.9 Å². The number of fused-ring (bicyclic) bond motifs is 1. The summed E-state index contributed by atoms with van der Waals surface area (Å²) in [6.45, 7) is -2.80. The SMILES string of the molecule is [2H][13C]([2H])([2H])n1c(=O)c2c(ncn2C)n(C)c1=O. The molecule has 0 atom stereocenters. The van der Waals surface area contributed by atoms with Crippen LogP contribution in [0.2, 0.25) is 0 Å². The van der Waals surface area contributed by atoms with Crippen LogP contribution in [0.25, 0.3) is 11.2 Å². The molecule has 0 saturated carbocycles. The lowest BCUT2D eigenvalue weighted by Gasteiger charge is -2.02. The minimum atomic E-state index is -2.80. The third kappa shape index (κ3) is 0.876. The normalized spacial score (nSPS) is 15.1. The zero-order valence-corrected chi connectivity index (χ0v) is 7.68. The molecule has 2 aromatic rings. The Bertz CT molecular complexity index is 706. The molecular formula is C8H10N4O2. The van der Waals surface area contributed by atoms with Crippen molar-refractivity contribution < 1.29 is 4.11 Å². The van der Waals surface area contributed by atoms with Gasteiger partial charge in [0.05, 0.1) is 6.33 Å². The predicted molar refractivity (Wildman–Crippen MR) is 51.2 cm³/mol. The van der Waals surface area contributed by atoms with Gasteiger partial charge in [-0.25, -0.2) is 9.78 Å². The van der Waals surface area contributed by atoms with Crippen molar-refractivity contribution in [2.45, 2.75) is 0 Å². The maximum absolute atomic E-state index is 12.0. The first-order valence-electron chi connectivity index (χ1n) is 5.38. The lowest BCUT2D eigenvalue weighted by molar-refractivity contribution is 0.705. The van der Waals surface area contributed by atoms with Crippen LogP contribution in [0.1, 0.15) is 4.11 Å². The molecular weight excluding hydrogens is 185 g/mol. The molecule has 0 bridgehead atoms. The number of nitrogens with zero attached hydrogens (tertiary/aromatic N) is 4. The molecule has 2 aromatic heterocycles. The van der Waals surface area contributed by atoms with E-state index >= 15 is 0 Å². The second-order valence-corrected chi connectivity index (χ2v) is 3.01. The number of hydrogen-bond donors (Lipinski definition) is 0. The highest BCUT2D eigenvalue weighted by atomic mass is 16.2. The molecule has 0 radical (unpaired) electrons. The molecule has 0 aromatic carbocycles. The molecule has 74 valence electrons. The molecule has 14 heavy (non-hydrogen) atoms. The van der Waals surface area contributed by atoms with E-state index in [0.29, 0.717) is 0 Å². The van der Waals surface area contributed by atoms with Crippen molar-refractivity contribution in [3.63, 3.8) is 0 Å². The number of hydrogen-bond acceptors (Lipinski definition) is 3. The van der Waals surface area contributed by atoms with Gasteiger partial charge in [0.15, 0.2) is 11.2 Å². The van der Waals surface area contributed by atoms with Gasteiger partial charge in [-0.15, -0.1) is 0 Å². The standard InChI is InChI=1S/C8H10N4O2/c1-10-4-9-6-5(10)7(13)12(3)8(14)11(6)2/h4H,1-3H3/i3+1D3. The molecule has 0 aliphatic rings. The fraction of sp³-hybridized carbons (Fsp3) is 0.375. The molecule has 0 spiro atoms. The molecule has 6 heteroatoms. The van der Waals surface area contributed by atoms with Crippen LogP contribution in [0.3, 0.4) is 0 Å². The largest absolute Gasteiger partial charge is 0.332 e. The number of aryl methyl sites for hydroxylation is 2. The van der Waals surface area contributed by atoms with E-state index in [-0.39, 0.29) is 15.7 Å². The first-order chi connectivity index (χ1) is 7.75. The lowest BCUT2D eigenvalue weighted by Crippen LogP contribution is -2.37. The van der Waals surface area contributed by atoms with Crippen LogP contribution in [-0.2, 0) is 21.1 Å². The highest BCUT2D eigenvalue weighted by Gasteiger charge is 2.11. The van der Waals surface area contributed by atoms with E-state index in [9.17, 15) is 9.59 Å². The zero-order chi connectivity index (χ0) is 13.0. The summed E-state index contributed by atoms with van der Waals surface area (Å²) in [6, 6.07) is 0. The van der Waals surface area contributed by atoms with Gasteiger partial charge in [-0.05, 0) is 0 Å². The van der Waals surface area contributed by atoms with Crippen LogP contribution in [0, 0.1) is 0 Å². The summed E-state index contributed by atoms with van der Waals surface area (Å²) >= 11 is 0. The highest BCUT2D eigenvalue weighted by molar-refractivity contribution is 5.69. The van der Waals surface area contributed by atoms with Crippen LogP contribution in [0.5, 0.6) is 0 Å². The fourth-order valence-electron chi connectivity index (χ4n) is 1.34. The summed E-state index contributed by atoms with van der Waals surface area (Å²) in [5.74, 6) is 0. The molecule has 2 heterocycles. The minimum absolute atomic E-state index is 0.0863. The zero-order valence-electron chi connectivity index (χ0n) is 10.7. The van der Waals surface area contributed by atoms with Crippen LogP contribution in [0.15, 0.2) is 15.9 Å². The first-order valence-corrected chi connectivity index (χ1v) is 3.88. The lowest BCUT2D eigenvalue weighted by atomic mass is 10.5. The Hall–Kier alpha value is -1.85. The Morgan fingerprint density at radius 2 is 2.07 bits per heavy atom. The topological polar surface area (TPSA) is 61.8 Å². The molecule has 0 aliphatic heterocycles. The molecule has 2 rings (SSSR count). The summed E-state index contributed by atoms with van der Waals surface area (Å²) in [6.07, 6.45) is 1.36. The number of aromatic nitrogens is 4. The van der Waals surface area contributed by atoms with Crippen molar-refractivity contribution in [2.75, 3.05) is 0 Å². The van der Waals surface area contributed by atoms with Crippen molar-refractivity contribution in [3.05, 3.63) is 27.2 Å². The van der Waals surface area contributed by atoms with Gasteiger partial charge >= 0.3 is 5.69 Å². The van der Waals surface area contributed by atoms with Crippen LogP contribution < -0.4 is 11.2 Å². The Kier molecular flexibility index (Phi) is 1.06. The Morgan fingerprint density at radius 1 is 1.36 bits per heavy atom. The molecule has 0 aliphatic carbocycles. The van der Waals surface area contributed by atoms with Crippen LogP contribution in [-0.4, -0.2) is 18.7 Å². The summed E-state index contributed by atoms with van der Waals surface area (Å²) in [5, 5.41) is 0. The second-order valence-electron chi connectivity index (χ2n) is 3.01. The van der Waals surface area contributed by atoms with Gasteiger partial charge in [0.2, 0.25) is 0 Å². The number of imidazole rings is 1. The van der Waals surface area contributed by atoms with Gasteiger partial charge in [-0.2, -0.15) is 0 Å². The fourth-order valence-corrected chi connectivity index (χ4v) is 1.34. The molecule has 0 saturated heterocycles. The third-order valence-corrected chi connectivity index (χ3v) is 2.12. The van der Waals surface area contributed by atoms with Crippen LogP contribution >= 0.6 is 0 Å². The van der Waals surface area contributed by atoms with E-state index in [4.69, 9.17) is 4.11 Å². The smallest absolute Gasteiger partial charge is 0.328 e. The van der Waals surface area contributed by atoms with E-state index in [1.54, 1.807) is 7.05 Å². The van der Waals surface area contributed by atoms with E-state index in [0.717, 1.165) is 4.57 Å². The first kappa shape index (κ1) is 5.79. The average Bonchev–Trinajstić information content (AvgIpc) is 2.55. The summed E-state index contributed by atoms with van der Waals surface area (Å²) in [7, 11) is 2.93.